The highest BCUT2D eigenvalue weighted by Crippen LogP contribution is 2.54. The van der Waals surface area contributed by atoms with Crippen LogP contribution < -0.4 is 15.0 Å². The number of aromatic nitrogens is 1. The Hall–Kier alpha value is -1.78. The highest BCUT2D eigenvalue weighted by molar-refractivity contribution is 5.97. The average molecular weight is 275 g/mol. The van der Waals surface area contributed by atoms with Crippen molar-refractivity contribution >= 4 is 17.3 Å². The SMILES string of the molecule is COc1nccc(N(C)C)c1NC(=O)C1CC2CC2C1. The van der Waals surface area contributed by atoms with Crippen molar-refractivity contribution in [3.05, 3.63) is 12.3 Å². The monoisotopic (exact) mass is 275 g/mol. The first kappa shape index (κ1) is 13.2. The van der Waals surface area contributed by atoms with Crippen LogP contribution in [0.25, 0.3) is 0 Å². The number of nitrogens with zero attached hydrogens (tertiary/aromatic N) is 2. The van der Waals surface area contributed by atoms with Crippen molar-refractivity contribution in [1.29, 1.82) is 0 Å². The third-order valence-electron chi connectivity index (χ3n) is 4.43. The van der Waals surface area contributed by atoms with Crippen LogP contribution in [0.2, 0.25) is 0 Å². The molecule has 0 aliphatic heterocycles. The molecule has 1 aromatic heterocycles. The standard InChI is InChI=1S/C15H21N3O2/c1-18(2)12-4-5-16-15(20-3)13(12)17-14(19)11-7-9-6-10(9)8-11/h4-5,9-11H,6-8H2,1-3H3,(H,17,19). The van der Waals surface area contributed by atoms with Gasteiger partial charge in [0.2, 0.25) is 11.8 Å². The second-order valence-electron chi connectivity index (χ2n) is 6.02. The fourth-order valence-electron chi connectivity index (χ4n) is 3.23. The van der Waals surface area contributed by atoms with Crippen molar-refractivity contribution in [2.75, 3.05) is 31.4 Å². The third-order valence-corrected chi connectivity index (χ3v) is 4.43. The largest absolute Gasteiger partial charge is 0.479 e. The molecule has 20 heavy (non-hydrogen) atoms. The quantitative estimate of drug-likeness (QED) is 0.914. The first-order chi connectivity index (χ1) is 9.60. The van der Waals surface area contributed by atoms with Crippen molar-refractivity contribution in [2.45, 2.75) is 19.3 Å². The van der Waals surface area contributed by atoms with Crippen LogP contribution in [0.5, 0.6) is 5.88 Å². The van der Waals surface area contributed by atoms with E-state index in [-0.39, 0.29) is 11.8 Å². The van der Waals surface area contributed by atoms with Gasteiger partial charge < -0.3 is 15.0 Å². The van der Waals surface area contributed by atoms with E-state index in [1.165, 1.54) is 6.42 Å². The maximum atomic E-state index is 12.4. The fraction of sp³-hybridized carbons (Fsp3) is 0.600. The number of hydrogen-bond acceptors (Lipinski definition) is 4. The van der Waals surface area contributed by atoms with Gasteiger partial charge in [-0.2, -0.15) is 0 Å². The Kier molecular flexibility index (Phi) is 3.28. The van der Waals surface area contributed by atoms with Gasteiger partial charge in [-0.25, -0.2) is 4.98 Å². The molecule has 2 fully saturated rings. The minimum atomic E-state index is 0.103. The number of nitrogens with one attached hydrogen (secondary N) is 1. The average Bonchev–Trinajstić information content (AvgIpc) is 3.05. The van der Waals surface area contributed by atoms with E-state index in [1.807, 2.05) is 25.1 Å². The number of ether oxygens (including phenoxy) is 1. The summed E-state index contributed by atoms with van der Waals surface area (Å²) < 4.78 is 5.28. The molecule has 1 N–H and O–H groups in total. The first-order valence-corrected chi connectivity index (χ1v) is 7.11. The number of pyridine rings is 1. The lowest BCUT2D eigenvalue weighted by atomic mass is 10.0. The smallest absolute Gasteiger partial charge is 0.239 e. The second kappa shape index (κ2) is 4.96. The minimum Gasteiger partial charge on any atom is -0.479 e. The lowest BCUT2D eigenvalue weighted by Gasteiger charge is -2.21. The van der Waals surface area contributed by atoms with Crippen LogP contribution in [0.4, 0.5) is 11.4 Å². The third kappa shape index (κ3) is 2.32. The molecule has 0 radical (unpaired) electrons. The summed E-state index contributed by atoms with van der Waals surface area (Å²) in [5.74, 6) is 2.32. The Morgan fingerprint density at radius 2 is 2.05 bits per heavy atom. The molecule has 5 nitrogen and oxygen atoms in total. The molecule has 2 saturated carbocycles. The van der Waals surface area contributed by atoms with Crippen molar-refractivity contribution in [1.82, 2.24) is 4.98 Å². The maximum Gasteiger partial charge on any atom is 0.239 e. The highest BCUT2D eigenvalue weighted by Gasteiger charge is 2.48. The van der Waals surface area contributed by atoms with E-state index in [4.69, 9.17) is 4.74 Å². The van der Waals surface area contributed by atoms with Gasteiger partial charge in [-0.1, -0.05) is 0 Å². The second-order valence-corrected chi connectivity index (χ2v) is 6.02. The Balaban J connectivity index is 1.79. The highest BCUT2D eigenvalue weighted by atomic mass is 16.5. The van der Waals surface area contributed by atoms with Gasteiger partial charge in [-0.15, -0.1) is 0 Å². The molecule has 5 heteroatoms. The summed E-state index contributed by atoms with van der Waals surface area (Å²) in [6.45, 7) is 0. The Morgan fingerprint density at radius 3 is 2.65 bits per heavy atom. The zero-order valence-electron chi connectivity index (χ0n) is 12.2. The summed E-state index contributed by atoms with van der Waals surface area (Å²) in [6.07, 6.45) is 5.09. The van der Waals surface area contributed by atoms with Gasteiger partial charge in [0.1, 0.15) is 5.69 Å². The summed E-state index contributed by atoms with van der Waals surface area (Å²) in [5, 5.41) is 3.03. The normalized spacial score (nSPS) is 26.9. The molecule has 0 spiro atoms. The van der Waals surface area contributed by atoms with E-state index >= 15 is 0 Å². The zero-order valence-corrected chi connectivity index (χ0v) is 12.2. The maximum absolute atomic E-state index is 12.4. The molecule has 108 valence electrons. The van der Waals surface area contributed by atoms with Gasteiger partial charge in [-0.05, 0) is 37.2 Å². The van der Waals surface area contributed by atoms with Crippen molar-refractivity contribution in [3.63, 3.8) is 0 Å². The Bertz CT molecular complexity index is 520. The van der Waals surface area contributed by atoms with E-state index in [0.717, 1.165) is 30.4 Å². The van der Waals surface area contributed by atoms with E-state index in [2.05, 4.69) is 10.3 Å². The molecule has 0 bridgehead atoms. The molecule has 0 saturated heterocycles. The summed E-state index contributed by atoms with van der Waals surface area (Å²) >= 11 is 0. The molecule has 2 atom stereocenters. The van der Waals surface area contributed by atoms with Crippen LogP contribution >= 0.6 is 0 Å². The van der Waals surface area contributed by atoms with Crippen molar-refractivity contribution in [2.24, 2.45) is 17.8 Å². The lowest BCUT2D eigenvalue weighted by molar-refractivity contribution is -0.120. The van der Waals surface area contributed by atoms with Crippen LogP contribution in [-0.2, 0) is 4.79 Å². The van der Waals surface area contributed by atoms with E-state index < -0.39 is 0 Å². The molecular formula is C15H21N3O2. The number of anilines is 2. The number of carbonyl (C=O) groups is 1. The molecule has 1 heterocycles. The number of hydrogen-bond donors (Lipinski definition) is 1. The Labute approximate surface area is 119 Å². The topological polar surface area (TPSA) is 54.5 Å². The summed E-state index contributed by atoms with van der Waals surface area (Å²) in [6, 6.07) is 1.88. The van der Waals surface area contributed by atoms with E-state index in [0.29, 0.717) is 11.6 Å². The lowest BCUT2D eigenvalue weighted by Crippen LogP contribution is -2.24. The van der Waals surface area contributed by atoms with Gasteiger partial charge in [0.25, 0.3) is 0 Å². The van der Waals surface area contributed by atoms with Gasteiger partial charge in [0.05, 0.1) is 12.8 Å². The van der Waals surface area contributed by atoms with Gasteiger partial charge >= 0.3 is 0 Å². The van der Waals surface area contributed by atoms with Crippen LogP contribution in [0.1, 0.15) is 19.3 Å². The van der Waals surface area contributed by atoms with Crippen molar-refractivity contribution < 1.29 is 9.53 Å². The van der Waals surface area contributed by atoms with Crippen LogP contribution in [0, 0.1) is 17.8 Å². The Morgan fingerprint density at radius 1 is 1.35 bits per heavy atom. The fourth-order valence-corrected chi connectivity index (χ4v) is 3.23. The number of rotatable bonds is 4. The summed E-state index contributed by atoms with van der Waals surface area (Å²) in [5.41, 5.74) is 1.58. The molecule has 2 aliphatic carbocycles. The number of fused-ring (bicyclic) bond motifs is 1. The van der Waals surface area contributed by atoms with Gasteiger partial charge in [-0.3, -0.25) is 4.79 Å². The minimum absolute atomic E-state index is 0.103. The summed E-state index contributed by atoms with van der Waals surface area (Å²) in [4.78, 5) is 18.5. The van der Waals surface area contributed by atoms with Gasteiger partial charge in [0, 0.05) is 26.2 Å². The summed E-state index contributed by atoms with van der Waals surface area (Å²) in [7, 11) is 5.45. The van der Waals surface area contributed by atoms with E-state index in [1.54, 1.807) is 13.3 Å². The molecule has 0 aromatic carbocycles. The zero-order chi connectivity index (χ0) is 14.3. The molecular weight excluding hydrogens is 254 g/mol. The number of amides is 1. The van der Waals surface area contributed by atoms with Crippen molar-refractivity contribution in [3.8, 4) is 5.88 Å². The van der Waals surface area contributed by atoms with Crippen LogP contribution in [0.15, 0.2) is 12.3 Å². The molecule has 1 aromatic rings. The first-order valence-electron chi connectivity index (χ1n) is 7.11. The number of methoxy groups -OCH3 is 1. The van der Waals surface area contributed by atoms with Gasteiger partial charge in [0.15, 0.2) is 0 Å². The predicted octanol–water partition coefficient (Wildman–Crippen LogP) is 2.14. The molecule has 2 aliphatic rings. The van der Waals surface area contributed by atoms with Crippen LogP contribution in [0.3, 0.4) is 0 Å². The van der Waals surface area contributed by atoms with E-state index in [9.17, 15) is 4.79 Å². The number of carbonyl (C=O) groups excluding carboxylic acids is 1. The predicted molar refractivity (Wildman–Crippen MR) is 78.1 cm³/mol. The molecule has 2 unspecified atom stereocenters. The van der Waals surface area contributed by atoms with Crippen LogP contribution in [-0.4, -0.2) is 32.1 Å². The molecule has 3 rings (SSSR count). The molecule has 1 amide bonds.